The highest BCUT2D eigenvalue weighted by atomic mass is 32.2. The third-order valence-electron chi connectivity index (χ3n) is 7.36. The van der Waals surface area contributed by atoms with Gasteiger partial charge in [-0.05, 0) is 87.6 Å². The van der Waals surface area contributed by atoms with Gasteiger partial charge in [-0.2, -0.15) is 0 Å². The van der Waals surface area contributed by atoms with Crippen LogP contribution in [0.15, 0.2) is 74.9 Å². The van der Waals surface area contributed by atoms with E-state index in [0.717, 1.165) is 31.2 Å². The largest absolute Gasteiger partial charge is 0.419 e. The summed E-state index contributed by atoms with van der Waals surface area (Å²) < 4.78 is 20.6. The van der Waals surface area contributed by atoms with E-state index in [1.165, 1.54) is 17.4 Å². The van der Waals surface area contributed by atoms with Crippen LogP contribution in [-0.4, -0.2) is 33.6 Å². The Hall–Kier alpha value is -3.23. The highest BCUT2D eigenvalue weighted by molar-refractivity contribution is 8.05. The van der Waals surface area contributed by atoms with Gasteiger partial charge in [-0.1, -0.05) is 42.0 Å². The first kappa shape index (κ1) is 27.3. The van der Waals surface area contributed by atoms with Crippen LogP contribution in [0.1, 0.15) is 80.0 Å². The van der Waals surface area contributed by atoms with Gasteiger partial charge in [-0.25, -0.2) is 4.39 Å². The predicted octanol–water partition coefficient (Wildman–Crippen LogP) is 7.10. The van der Waals surface area contributed by atoms with E-state index >= 15 is 0 Å². The number of allylic oxidation sites excluding steroid dienone is 2. The van der Waals surface area contributed by atoms with Crippen LogP contribution in [0.3, 0.4) is 0 Å². The van der Waals surface area contributed by atoms with Crippen molar-refractivity contribution in [1.82, 2.24) is 15.1 Å². The van der Waals surface area contributed by atoms with Crippen LogP contribution < -0.4 is 5.73 Å². The number of likely N-dealkylation sites (tertiary alicyclic amines) is 1. The van der Waals surface area contributed by atoms with Crippen molar-refractivity contribution in [3.05, 3.63) is 93.1 Å². The molecule has 2 N–H and O–H groups in total. The number of halogens is 1. The van der Waals surface area contributed by atoms with Crippen molar-refractivity contribution < 1.29 is 13.6 Å². The quantitative estimate of drug-likeness (QED) is 0.340. The molecule has 3 atom stereocenters. The molecule has 39 heavy (non-hydrogen) atoms. The fourth-order valence-electron chi connectivity index (χ4n) is 5.20. The number of aromatic nitrogens is 2. The zero-order chi connectivity index (χ0) is 27.6. The highest BCUT2D eigenvalue weighted by Crippen LogP contribution is 2.37. The summed E-state index contributed by atoms with van der Waals surface area (Å²) in [5.41, 5.74) is 9.41. The number of thioether (sulfide) groups is 1. The Kier molecular flexibility index (Phi) is 8.05. The van der Waals surface area contributed by atoms with Crippen molar-refractivity contribution in [3.8, 4) is 11.5 Å². The standard InChI is InChI=1S/C31H35FN4O2S/c1-20-9-7-13-27(39-19-20)26-12-8-14-36(26)29(37)25-16-23(21(2)32)15-24(17-25)28-34-35-30(38-28)31(3,33)18-22-10-5-4-6-11-22/h4-6,10-11,13,15-17,19,21,26H,7-9,12,14,18,33H2,1-3H3. The molecule has 6 nitrogen and oxygen atoms in total. The zero-order valence-electron chi connectivity index (χ0n) is 22.7. The Balaban J connectivity index is 1.43. The van der Waals surface area contributed by atoms with Crippen molar-refractivity contribution >= 4 is 17.7 Å². The molecule has 2 aliphatic rings. The number of alkyl halides is 1. The van der Waals surface area contributed by atoms with Gasteiger partial charge < -0.3 is 15.1 Å². The lowest BCUT2D eigenvalue weighted by Crippen LogP contribution is -2.36. The molecule has 3 aromatic rings. The number of carbonyl (C=O) groups is 1. The maximum atomic E-state index is 14.6. The molecule has 1 aromatic heterocycles. The molecule has 0 radical (unpaired) electrons. The molecule has 5 rings (SSSR count). The number of nitrogens with two attached hydrogens (primary N) is 1. The van der Waals surface area contributed by atoms with E-state index in [-0.39, 0.29) is 23.7 Å². The van der Waals surface area contributed by atoms with Crippen LogP contribution in [0.5, 0.6) is 0 Å². The monoisotopic (exact) mass is 546 g/mol. The maximum Gasteiger partial charge on any atom is 0.254 e. The Morgan fingerprint density at radius 3 is 2.82 bits per heavy atom. The lowest BCUT2D eigenvalue weighted by atomic mass is 9.94. The lowest BCUT2D eigenvalue weighted by molar-refractivity contribution is 0.0759. The van der Waals surface area contributed by atoms with Gasteiger partial charge in [0.1, 0.15) is 6.17 Å². The molecular formula is C31H35FN4O2S. The minimum Gasteiger partial charge on any atom is -0.419 e. The van der Waals surface area contributed by atoms with E-state index in [1.54, 1.807) is 30.0 Å². The minimum atomic E-state index is -1.26. The maximum absolute atomic E-state index is 14.6. The number of nitrogens with zero attached hydrogens (tertiary/aromatic N) is 3. The van der Waals surface area contributed by atoms with E-state index < -0.39 is 11.7 Å². The molecule has 3 heterocycles. The Morgan fingerprint density at radius 1 is 1.26 bits per heavy atom. The first-order valence-corrected chi connectivity index (χ1v) is 14.4. The van der Waals surface area contributed by atoms with Crippen molar-refractivity contribution in [2.24, 2.45) is 5.73 Å². The average molecular weight is 547 g/mol. The third-order valence-corrected chi connectivity index (χ3v) is 8.59. The highest BCUT2D eigenvalue weighted by Gasteiger charge is 2.33. The van der Waals surface area contributed by atoms with Crippen LogP contribution in [0, 0.1) is 0 Å². The number of carbonyl (C=O) groups excluding carboxylic acids is 1. The molecule has 3 unspecified atom stereocenters. The molecule has 204 valence electrons. The number of hydrogen-bond donors (Lipinski definition) is 1. The Morgan fingerprint density at radius 2 is 2.05 bits per heavy atom. The van der Waals surface area contributed by atoms with Gasteiger partial charge in [-0.15, -0.1) is 22.0 Å². The molecule has 1 fully saturated rings. The number of rotatable bonds is 7. The van der Waals surface area contributed by atoms with Crippen LogP contribution in [-0.2, 0) is 12.0 Å². The topological polar surface area (TPSA) is 85.2 Å². The van der Waals surface area contributed by atoms with Crippen LogP contribution in [0.25, 0.3) is 11.5 Å². The molecule has 1 amide bonds. The van der Waals surface area contributed by atoms with Crippen molar-refractivity contribution in [2.75, 3.05) is 6.54 Å². The van der Waals surface area contributed by atoms with Gasteiger partial charge in [0.15, 0.2) is 0 Å². The van der Waals surface area contributed by atoms with E-state index in [4.69, 9.17) is 10.2 Å². The fourth-order valence-corrected chi connectivity index (χ4v) is 6.27. The zero-order valence-corrected chi connectivity index (χ0v) is 23.5. The first-order chi connectivity index (χ1) is 18.7. The normalized spacial score (nSPS) is 20.1. The smallest absolute Gasteiger partial charge is 0.254 e. The minimum absolute atomic E-state index is 0.0329. The molecule has 1 saturated heterocycles. The summed E-state index contributed by atoms with van der Waals surface area (Å²) in [5.74, 6) is 0.389. The van der Waals surface area contributed by atoms with E-state index in [9.17, 15) is 9.18 Å². The van der Waals surface area contributed by atoms with E-state index in [1.807, 2.05) is 42.2 Å². The number of benzene rings is 2. The second-order valence-electron chi connectivity index (χ2n) is 10.8. The van der Waals surface area contributed by atoms with Gasteiger partial charge in [0.25, 0.3) is 5.91 Å². The molecular weight excluding hydrogens is 511 g/mol. The molecule has 0 saturated carbocycles. The van der Waals surface area contributed by atoms with Crippen molar-refractivity contribution in [1.29, 1.82) is 0 Å². The second-order valence-corrected chi connectivity index (χ2v) is 11.8. The third kappa shape index (κ3) is 6.17. The summed E-state index contributed by atoms with van der Waals surface area (Å²) in [7, 11) is 0. The summed E-state index contributed by atoms with van der Waals surface area (Å²) >= 11 is 1.72. The van der Waals surface area contributed by atoms with Gasteiger partial charge in [0.05, 0.1) is 11.6 Å². The average Bonchev–Trinajstić information content (AvgIpc) is 3.57. The summed E-state index contributed by atoms with van der Waals surface area (Å²) in [6.45, 7) is 6.12. The summed E-state index contributed by atoms with van der Waals surface area (Å²) in [6, 6.07) is 14.9. The SMILES string of the molecule is CC1=CSC(C2CCCN2C(=O)c2cc(-c3nnc(C(C)(N)Cc4ccccc4)o3)cc(C(C)F)c2)=CCC1. The molecule has 0 bridgehead atoms. The molecule has 2 aromatic carbocycles. The van der Waals surface area contributed by atoms with Gasteiger partial charge in [0, 0.05) is 22.6 Å². The summed E-state index contributed by atoms with van der Waals surface area (Å²) in [4.78, 5) is 17.0. The Bertz CT molecular complexity index is 1400. The number of amides is 1. The van der Waals surface area contributed by atoms with Crippen molar-refractivity contribution in [2.45, 2.75) is 70.6 Å². The lowest BCUT2D eigenvalue weighted by Gasteiger charge is -2.26. The van der Waals surface area contributed by atoms with Gasteiger partial charge >= 0.3 is 0 Å². The predicted molar refractivity (Wildman–Crippen MR) is 154 cm³/mol. The van der Waals surface area contributed by atoms with Gasteiger partial charge in [0.2, 0.25) is 11.8 Å². The van der Waals surface area contributed by atoms with E-state index in [0.29, 0.717) is 29.7 Å². The van der Waals surface area contributed by atoms with E-state index in [2.05, 4.69) is 28.6 Å². The summed E-state index contributed by atoms with van der Waals surface area (Å²) in [5, 5.41) is 10.7. The molecule has 2 aliphatic heterocycles. The molecule has 0 aliphatic carbocycles. The summed E-state index contributed by atoms with van der Waals surface area (Å²) in [6.07, 6.45) is 5.39. The first-order valence-electron chi connectivity index (χ1n) is 13.5. The molecule has 8 heteroatoms. The van der Waals surface area contributed by atoms with Gasteiger partial charge in [-0.3, -0.25) is 4.79 Å². The molecule has 0 spiro atoms. The van der Waals surface area contributed by atoms with Crippen LogP contribution >= 0.6 is 11.8 Å². The van der Waals surface area contributed by atoms with Crippen LogP contribution in [0.2, 0.25) is 0 Å². The Labute approximate surface area is 233 Å². The fraction of sp³-hybridized carbons (Fsp3) is 0.387. The van der Waals surface area contributed by atoms with Crippen LogP contribution in [0.4, 0.5) is 4.39 Å². The van der Waals surface area contributed by atoms with Crippen molar-refractivity contribution in [3.63, 3.8) is 0 Å². The second kappa shape index (κ2) is 11.5. The number of hydrogen-bond acceptors (Lipinski definition) is 6.